The Hall–Kier alpha value is -2.26. The van der Waals surface area contributed by atoms with E-state index >= 15 is 0 Å². The van der Waals surface area contributed by atoms with Gasteiger partial charge in [-0.05, 0) is 6.42 Å². The molecule has 0 fully saturated rings. The first-order valence-electron chi connectivity index (χ1n) is 7.34. The van der Waals surface area contributed by atoms with Gasteiger partial charge < -0.3 is 10.4 Å². The van der Waals surface area contributed by atoms with Gasteiger partial charge in [0.15, 0.2) is 10.8 Å². The van der Waals surface area contributed by atoms with Gasteiger partial charge >= 0.3 is 5.97 Å². The predicted octanol–water partition coefficient (Wildman–Crippen LogP) is 1.34. The van der Waals surface area contributed by atoms with E-state index in [1.54, 1.807) is 11.6 Å². The van der Waals surface area contributed by atoms with Crippen LogP contribution in [-0.4, -0.2) is 49.7 Å². The lowest BCUT2D eigenvalue weighted by Crippen LogP contribution is -2.46. The summed E-state index contributed by atoms with van der Waals surface area (Å²) in [5, 5.41) is 21.0. The van der Waals surface area contributed by atoms with Gasteiger partial charge in [0.05, 0.1) is 6.04 Å². The van der Waals surface area contributed by atoms with Crippen LogP contribution in [0, 0.1) is 0 Å². The molecule has 0 unspecified atom stereocenters. The van der Waals surface area contributed by atoms with Gasteiger partial charge in [-0.25, -0.2) is 9.78 Å². The molecule has 2 aromatic rings. The maximum atomic E-state index is 12.5. The first-order valence-corrected chi connectivity index (χ1v) is 8.22. The molecule has 1 aliphatic rings. The molecular weight excluding hydrogens is 318 g/mol. The second kappa shape index (κ2) is 6.47. The quantitative estimate of drug-likeness (QED) is 0.760. The predicted molar refractivity (Wildman–Crippen MR) is 84.5 cm³/mol. The molecule has 3 heterocycles. The number of hydrogen-bond acceptors (Lipinski definition) is 6. The molecule has 23 heavy (non-hydrogen) atoms. The number of nitrogens with one attached hydrogen (secondary N) is 2. The molecule has 2 aromatic heterocycles. The number of anilines is 1. The summed E-state index contributed by atoms with van der Waals surface area (Å²) in [5.74, 6) is -1.17. The number of H-pyrrole nitrogens is 1. The van der Waals surface area contributed by atoms with Gasteiger partial charge in [-0.3, -0.25) is 14.8 Å². The number of nitrogens with zero attached hydrogens (tertiary/aromatic N) is 3. The fraction of sp³-hybridized carbons (Fsp3) is 0.429. The first-order chi connectivity index (χ1) is 11.1. The summed E-state index contributed by atoms with van der Waals surface area (Å²) in [6.45, 7) is 3.02. The van der Waals surface area contributed by atoms with Crippen molar-refractivity contribution < 1.29 is 14.7 Å². The highest BCUT2D eigenvalue weighted by atomic mass is 32.1. The monoisotopic (exact) mass is 335 g/mol. The number of aromatic carboxylic acids is 1. The zero-order valence-corrected chi connectivity index (χ0v) is 13.4. The SMILES string of the molecule is CC[C@H](C(=O)Nc1nccs1)N1CCc2[nH]nc(C(=O)O)c2C1. The number of thiazole rings is 1. The highest BCUT2D eigenvalue weighted by Crippen LogP contribution is 2.23. The minimum absolute atomic E-state index is 0.0416. The number of carbonyl (C=O) groups is 2. The number of amides is 1. The van der Waals surface area contributed by atoms with Crippen LogP contribution in [0.25, 0.3) is 0 Å². The van der Waals surface area contributed by atoms with Crippen LogP contribution in [0.1, 0.15) is 35.1 Å². The van der Waals surface area contributed by atoms with Crippen LogP contribution in [0.4, 0.5) is 5.13 Å². The zero-order valence-electron chi connectivity index (χ0n) is 12.6. The van der Waals surface area contributed by atoms with Crippen LogP contribution < -0.4 is 5.32 Å². The highest BCUT2D eigenvalue weighted by molar-refractivity contribution is 7.13. The molecule has 8 nitrogen and oxygen atoms in total. The average Bonchev–Trinajstić information content (AvgIpc) is 3.16. The van der Waals surface area contributed by atoms with E-state index in [-0.39, 0.29) is 17.6 Å². The van der Waals surface area contributed by atoms with Gasteiger partial charge in [0.25, 0.3) is 0 Å². The Balaban J connectivity index is 1.76. The van der Waals surface area contributed by atoms with Gasteiger partial charge in [0, 0.05) is 42.3 Å². The normalized spacial score (nSPS) is 15.9. The number of hydrogen-bond donors (Lipinski definition) is 3. The second-order valence-corrected chi connectivity index (χ2v) is 6.20. The van der Waals surface area contributed by atoms with E-state index in [9.17, 15) is 14.7 Å². The standard InChI is InChI=1S/C14H17N5O3S/c1-2-10(12(20)16-14-15-4-6-23-14)19-5-3-9-8(7-19)11(13(21)22)18-17-9/h4,6,10H,2-3,5,7H2,1H3,(H,17,18)(H,21,22)(H,15,16,20)/t10-/m1/s1. The molecule has 0 spiro atoms. The Kier molecular flexibility index (Phi) is 4.39. The minimum Gasteiger partial charge on any atom is -0.476 e. The lowest BCUT2D eigenvalue weighted by atomic mass is 10.0. The molecule has 3 rings (SSSR count). The average molecular weight is 335 g/mol. The summed E-state index contributed by atoms with van der Waals surface area (Å²) in [6.07, 6.45) is 2.92. The lowest BCUT2D eigenvalue weighted by Gasteiger charge is -2.32. The molecule has 0 radical (unpaired) electrons. The summed E-state index contributed by atoms with van der Waals surface area (Å²) < 4.78 is 0. The van der Waals surface area contributed by atoms with Gasteiger partial charge in [-0.2, -0.15) is 5.10 Å². The summed E-state index contributed by atoms with van der Waals surface area (Å²) in [5.41, 5.74) is 1.55. The molecule has 0 aromatic carbocycles. The van der Waals surface area contributed by atoms with Crippen molar-refractivity contribution in [2.24, 2.45) is 0 Å². The van der Waals surface area contributed by atoms with Crippen molar-refractivity contribution in [2.75, 3.05) is 11.9 Å². The molecular formula is C14H17N5O3S. The van der Waals surface area contributed by atoms with E-state index in [1.165, 1.54) is 11.3 Å². The number of aromatic nitrogens is 3. The third-order valence-corrected chi connectivity index (χ3v) is 4.65. The number of fused-ring (bicyclic) bond motifs is 1. The molecule has 0 aliphatic carbocycles. The van der Waals surface area contributed by atoms with Crippen LogP contribution in [-0.2, 0) is 17.8 Å². The number of carboxylic acid groups (broad SMARTS) is 1. The van der Waals surface area contributed by atoms with Crippen LogP contribution in [0.3, 0.4) is 0 Å². The zero-order chi connectivity index (χ0) is 16.4. The van der Waals surface area contributed by atoms with Gasteiger partial charge in [0.2, 0.25) is 5.91 Å². The van der Waals surface area contributed by atoms with Gasteiger partial charge in [-0.15, -0.1) is 11.3 Å². The molecule has 0 bridgehead atoms. The number of rotatable bonds is 5. The molecule has 0 saturated carbocycles. The van der Waals surface area contributed by atoms with Gasteiger partial charge in [0.1, 0.15) is 0 Å². The van der Waals surface area contributed by atoms with E-state index in [1.807, 2.05) is 11.8 Å². The smallest absolute Gasteiger partial charge is 0.356 e. The molecule has 1 atom stereocenters. The lowest BCUT2D eigenvalue weighted by molar-refractivity contribution is -0.121. The van der Waals surface area contributed by atoms with E-state index in [4.69, 9.17) is 0 Å². The first kappa shape index (κ1) is 15.6. The van der Waals surface area contributed by atoms with Crippen molar-refractivity contribution in [2.45, 2.75) is 32.4 Å². The molecule has 0 saturated heterocycles. The minimum atomic E-state index is -1.05. The van der Waals surface area contributed by atoms with Crippen molar-refractivity contribution >= 4 is 28.3 Å². The Morgan fingerprint density at radius 1 is 1.57 bits per heavy atom. The van der Waals surface area contributed by atoms with Crippen LogP contribution in [0.2, 0.25) is 0 Å². The summed E-state index contributed by atoms with van der Waals surface area (Å²) in [4.78, 5) is 29.8. The second-order valence-electron chi connectivity index (χ2n) is 5.31. The number of aromatic amines is 1. The third-order valence-electron chi connectivity index (χ3n) is 3.96. The van der Waals surface area contributed by atoms with Crippen molar-refractivity contribution in [1.29, 1.82) is 0 Å². The third kappa shape index (κ3) is 3.10. The fourth-order valence-corrected chi connectivity index (χ4v) is 3.37. The van der Waals surface area contributed by atoms with E-state index in [0.29, 0.717) is 36.6 Å². The highest BCUT2D eigenvalue weighted by Gasteiger charge is 2.31. The summed E-state index contributed by atoms with van der Waals surface area (Å²) in [7, 11) is 0. The van der Waals surface area contributed by atoms with Crippen molar-refractivity contribution in [1.82, 2.24) is 20.1 Å². The van der Waals surface area contributed by atoms with Crippen LogP contribution in [0.15, 0.2) is 11.6 Å². The number of carboxylic acids is 1. The molecule has 3 N–H and O–H groups in total. The van der Waals surface area contributed by atoms with E-state index in [0.717, 1.165) is 5.69 Å². The van der Waals surface area contributed by atoms with Crippen molar-refractivity contribution in [3.63, 3.8) is 0 Å². The molecule has 122 valence electrons. The molecule has 9 heteroatoms. The van der Waals surface area contributed by atoms with E-state index < -0.39 is 5.97 Å². The summed E-state index contributed by atoms with van der Waals surface area (Å²) >= 11 is 1.37. The van der Waals surface area contributed by atoms with Gasteiger partial charge in [-0.1, -0.05) is 6.92 Å². The number of carbonyl (C=O) groups excluding carboxylic acids is 1. The van der Waals surface area contributed by atoms with E-state index in [2.05, 4.69) is 20.5 Å². The topological polar surface area (TPSA) is 111 Å². The molecule has 1 amide bonds. The largest absolute Gasteiger partial charge is 0.476 e. The van der Waals surface area contributed by atoms with Crippen LogP contribution >= 0.6 is 11.3 Å². The summed E-state index contributed by atoms with van der Waals surface area (Å²) in [6, 6.07) is -0.330. The maximum Gasteiger partial charge on any atom is 0.356 e. The fourth-order valence-electron chi connectivity index (χ4n) is 2.84. The maximum absolute atomic E-state index is 12.5. The Bertz CT molecular complexity index is 712. The Morgan fingerprint density at radius 3 is 3.04 bits per heavy atom. The Labute approximate surface area is 136 Å². The molecule has 1 aliphatic heterocycles. The van der Waals surface area contributed by atoms with Crippen LogP contribution in [0.5, 0.6) is 0 Å². The Morgan fingerprint density at radius 2 is 2.39 bits per heavy atom. The van der Waals surface area contributed by atoms with Crippen molar-refractivity contribution in [3.8, 4) is 0 Å². The van der Waals surface area contributed by atoms with Crippen molar-refractivity contribution in [3.05, 3.63) is 28.5 Å².